The Morgan fingerprint density at radius 2 is 1.24 bits per heavy atom. The van der Waals surface area contributed by atoms with Crippen LogP contribution in [-0.2, 0) is 9.59 Å². The molecule has 0 bridgehead atoms. The van der Waals surface area contributed by atoms with Gasteiger partial charge in [0, 0.05) is 41.4 Å². The number of ether oxygens (including phenoxy) is 2. The van der Waals surface area contributed by atoms with Gasteiger partial charge in [-0.2, -0.15) is 4.39 Å². The van der Waals surface area contributed by atoms with Gasteiger partial charge in [-0.15, -0.1) is 56.7 Å². The van der Waals surface area contributed by atoms with Gasteiger partial charge in [0.2, 0.25) is 0 Å². The first-order valence-corrected chi connectivity index (χ1v) is 15.4. The van der Waals surface area contributed by atoms with Crippen molar-refractivity contribution in [3.8, 4) is 50.5 Å². The Kier molecular flexibility index (Phi) is 8.24. The predicted molar refractivity (Wildman–Crippen MR) is 153 cm³/mol. The molecule has 5 aromatic heterocycles. The summed E-state index contributed by atoms with van der Waals surface area (Å²) in [5.41, 5.74) is 0. The Morgan fingerprint density at radius 1 is 0.684 bits per heavy atom. The number of carboxylic acids is 2. The van der Waals surface area contributed by atoms with Crippen LogP contribution < -0.4 is 9.47 Å². The Morgan fingerprint density at radius 3 is 1.71 bits per heavy atom. The molecule has 0 radical (unpaired) electrons. The molecule has 0 aliphatic carbocycles. The van der Waals surface area contributed by atoms with E-state index >= 15 is 0 Å². The number of halogens is 1. The first kappa shape index (κ1) is 26.6. The Hall–Kier alpha value is -3.03. The predicted octanol–water partition coefficient (Wildman–Crippen LogP) is 8.51. The molecule has 0 aliphatic heterocycles. The van der Waals surface area contributed by atoms with Gasteiger partial charge >= 0.3 is 11.9 Å². The third kappa shape index (κ3) is 6.16. The molecule has 0 saturated heterocycles. The summed E-state index contributed by atoms with van der Waals surface area (Å²) in [6.45, 7) is 0.0839. The molecule has 0 atom stereocenters. The largest absolute Gasteiger partial charge is 0.491 e. The third-order valence-corrected chi connectivity index (χ3v) is 11.0. The Bertz CT molecular complexity index is 1560. The number of carbonyl (C=O) groups is 2. The van der Waals surface area contributed by atoms with Gasteiger partial charge in [-0.05, 0) is 35.7 Å². The fraction of sp³-hybridized carbons (Fsp3) is 0.154. The highest BCUT2D eigenvalue weighted by Gasteiger charge is 2.21. The molecule has 0 unspecified atom stereocenters. The van der Waals surface area contributed by atoms with E-state index in [0.29, 0.717) is 11.5 Å². The zero-order valence-corrected chi connectivity index (χ0v) is 23.6. The maximum absolute atomic E-state index is 13.7. The maximum atomic E-state index is 13.7. The lowest BCUT2D eigenvalue weighted by Gasteiger charge is -2.05. The summed E-state index contributed by atoms with van der Waals surface area (Å²) in [5, 5.41) is 19.8. The van der Waals surface area contributed by atoms with Crippen molar-refractivity contribution in [2.75, 3.05) is 13.2 Å². The molecule has 2 N–H and O–H groups in total. The van der Waals surface area contributed by atoms with E-state index in [1.807, 2.05) is 41.8 Å². The van der Waals surface area contributed by atoms with Crippen LogP contribution in [0.4, 0.5) is 4.39 Å². The van der Waals surface area contributed by atoms with Crippen LogP contribution in [0.15, 0.2) is 53.9 Å². The van der Waals surface area contributed by atoms with Gasteiger partial charge in [-0.25, -0.2) is 0 Å². The molecule has 5 aromatic rings. The molecule has 5 rings (SSSR count). The SMILES string of the molecule is O=C(O)CCOc1cc(-c2cccs2)sc1-c1ccc(-c2sc(-c3ccc(F)s3)cc2OCCC(=O)O)s1. The molecule has 12 heteroatoms. The summed E-state index contributed by atoms with van der Waals surface area (Å²) in [7, 11) is 0. The van der Waals surface area contributed by atoms with Crippen molar-refractivity contribution in [2.24, 2.45) is 0 Å². The van der Waals surface area contributed by atoms with Gasteiger partial charge in [-0.3, -0.25) is 9.59 Å². The van der Waals surface area contributed by atoms with Gasteiger partial charge in [-0.1, -0.05) is 6.07 Å². The Balaban J connectivity index is 1.49. The summed E-state index contributed by atoms with van der Waals surface area (Å²) < 4.78 is 25.4. The molecular formula is C26H19FO6S5. The van der Waals surface area contributed by atoms with Crippen molar-refractivity contribution < 1.29 is 33.7 Å². The molecule has 0 aromatic carbocycles. The number of rotatable bonds is 12. The average molecular weight is 607 g/mol. The van der Waals surface area contributed by atoms with Crippen molar-refractivity contribution in [1.82, 2.24) is 0 Å². The van der Waals surface area contributed by atoms with Crippen molar-refractivity contribution in [3.63, 3.8) is 0 Å². The number of hydrogen-bond donors (Lipinski definition) is 2. The van der Waals surface area contributed by atoms with Gasteiger partial charge in [0.15, 0.2) is 5.13 Å². The molecule has 0 aliphatic rings. The second kappa shape index (κ2) is 11.8. The highest BCUT2D eigenvalue weighted by atomic mass is 32.1. The van der Waals surface area contributed by atoms with Crippen LogP contribution in [0.25, 0.3) is 39.0 Å². The lowest BCUT2D eigenvalue weighted by Crippen LogP contribution is -2.04. The van der Waals surface area contributed by atoms with Crippen LogP contribution in [0.2, 0.25) is 0 Å². The zero-order valence-electron chi connectivity index (χ0n) is 19.5. The number of aliphatic carboxylic acids is 2. The summed E-state index contributed by atoms with van der Waals surface area (Å²) in [4.78, 5) is 29.4. The van der Waals surface area contributed by atoms with Crippen LogP contribution in [0.1, 0.15) is 12.8 Å². The van der Waals surface area contributed by atoms with Gasteiger partial charge < -0.3 is 19.7 Å². The highest BCUT2D eigenvalue weighted by molar-refractivity contribution is 7.29. The van der Waals surface area contributed by atoms with Crippen molar-refractivity contribution in [1.29, 1.82) is 0 Å². The normalized spacial score (nSPS) is 11.1. The minimum absolute atomic E-state index is 0.0200. The highest BCUT2D eigenvalue weighted by Crippen LogP contribution is 2.51. The Labute approximate surface area is 236 Å². The maximum Gasteiger partial charge on any atom is 0.306 e. The second-order valence-electron chi connectivity index (χ2n) is 7.84. The minimum Gasteiger partial charge on any atom is -0.491 e. The van der Waals surface area contributed by atoms with E-state index in [0.717, 1.165) is 50.4 Å². The van der Waals surface area contributed by atoms with Crippen LogP contribution in [0, 0.1) is 5.13 Å². The average Bonchev–Trinajstić information content (AvgIpc) is 3.68. The molecule has 38 heavy (non-hydrogen) atoms. The van der Waals surface area contributed by atoms with E-state index in [1.54, 1.807) is 28.7 Å². The van der Waals surface area contributed by atoms with Crippen LogP contribution in [-0.4, -0.2) is 35.4 Å². The molecule has 0 saturated carbocycles. The van der Waals surface area contributed by atoms with Crippen molar-refractivity contribution in [3.05, 3.63) is 59.0 Å². The van der Waals surface area contributed by atoms with E-state index in [4.69, 9.17) is 19.7 Å². The quantitative estimate of drug-likeness (QED) is 0.148. The first-order valence-electron chi connectivity index (χ1n) is 11.2. The fourth-order valence-electron chi connectivity index (χ4n) is 3.49. The summed E-state index contributed by atoms with van der Waals surface area (Å²) in [6.07, 6.45) is -0.233. The lowest BCUT2D eigenvalue weighted by molar-refractivity contribution is -0.138. The van der Waals surface area contributed by atoms with Crippen LogP contribution in [0.3, 0.4) is 0 Å². The second-order valence-corrected chi connectivity index (χ2v) is 13.0. The molecule has 5 heterocycles. The number of thiophene rings is 5. The summed E-state index contributed by atoms with van der Waals surface area (Å²) in [6, 6.07) is 14.9. The van der Waals surface area contributed by atoms with Crippen LogP contribution in [0.5, 0.6) is 11.5 Å². The van der Waals surface area contributed by atoms with Gasteiger partial charge in [0.1, 0.15) is 11.5 Å². The monoisotopic (exact) mass is 606 g/mol. The number of hydrogen-bond acceptors (Lipinski definition) is 9. The topological polar surface area (TPSA) is 93.1 Å². The first-order chi connectivity index (χ1) is 18.4. The number of carboxylic acid groups (broad SMARTS) is 2. The van der Waals surface area contributed by atoms with E-state index in [9.17, 15) is 14.0 Å². The summed E-state index contributed by atoms with van der Waals surface area (Å²) in [5.74, 6) is -0.688. The molecule has 0 fully saturated rings. The van der Waals surface area contributed by atoms with E-state index in [2.05, 4.69) is 0 Å². The van der Waals surface area contributed by atoms with Gasteiger partial charge in [0.05, 0.1) is 35.8 Å². The van der Waals surface area contributed by atoms with Crippen molar-refractivity contribution in [2.45, 2.75) is 12.8 Å². The summed E-state index contributed by atoms with van der Waals surface area (Å²) >= 11 is 7.24. The van der Waals surface area contributed by atoms with E-state index < -0.39 is 11.9 Å². The van der Waals surface area contributed by atoms with E-state index in [-0.39, 0.29) is 31.2 Å². The van der Waals surface area contributed by atoms with E-state index in [1.165, 1.54) is 28.7 Å². The smallest absolute Gasteiger partial charge is 0.306 e. The zero-order chi connectivity index (χ0) is 26.6. The van der Waals surface area contributed by atoms with Gasteiger partial charge in [0.25, 0.3) is 0 Å². The molecule has 196 valence electrons. The molecular weight excluding hydrogens is 588 g/mol. The third-order valence-electron chi connectivity index (χ3n) is 5.18. The van der Waals surface area contributed by atoms with Crippen molar-refractivity contribution >= 4 is 68.6 Å². The standard InChI is InChI=1S/C26H19FO6S5/c27-22-6-5-17(36-22)21-13-15(33-10-8-24(30)31)26(38-21)19-4-3-18(35-19)25-14(32-9-7-23(28)29)12-20(37-25)16-2-1-11-34-16/h1-6,11-13H,7-10H2,(H,28,29)(H,30,31). The molecule has 0 spiro atoms. The minimum atomic E-state index is -0.949. The molecule has 0 amide bonds. The van der Waals surface area contributed by atoms with Crippen LogP contribution >= 0.6 is 56.7 Å². The fourth-order valence-corrected chi connectivity index (χ4v) is 8.57. The lowest BCUT2D eigenvalue weighted by atomic mass is 10.3. The molecule has 6 nitrogen and oxygen atoms in total.